The number of hydrogen-bond donors (Lipinski definition) is 1. The zero-order valence-electron chi connectivity index (χ0n) is 9.18. The molecule has 0 aliphatic heterocycles. The molecule has 0 fully saturated rings. The number of phenolic OH excluding ortho intramolecular Hbond substituents is 1. The van der Waals surface area contributed by atoms with Crippen LogP contribution in [0.25, 0.3) is 11.1 Å². The minimum absolute atomic E-state index is 0.247. The number of rotatable bonds is 3. The van der Waals surface area contributed by atoms with Gasteiger partial charge < -0.3 is 9.84 Å². The first kappa shape index (κ1) is 10.6. The first-order chi connectivity index (χ1) is 7.83. The molecule has 0 unspecified atom stereocenters. The molecule has 0 saturated heterocycles. The Kier molecular flexibility index (Phi) is 3.10. The second-order valence-electron chi connectivity index (χ2n) is 3.45. The number of phenols is 1. The van der Waals surface area contributed by atoms with E-state index >= 15 is 0 Å². The summed E-state index contributed by atoms with van der Waals surface area (Å²) in [4.78, 5) is 0. The second kappa shape index (κ2) is 4.71. The van der Waals surface area contributed by atoms with Crippen molar-refractivity contribution >= 4 is 0 Å². The van der Waals surface area contributed by atoms with Crippen molar-refractivity contribution in [3.05, 3.63) is 48.5 Å². The number of aromatic hydroxyl groups is 1. The average Bonchev–Trinajstić information content (AvgIpc) is 2.31. The number of benzene rings is 2. The molecule has 2 aromatic carbocycles. The van der Waals surface area contributed by atoms with Gasteiger partial charge in [-0.05, 0) is 24.6 Å². The second-order valence-corrected chi connectivity index (χ2v) is 3.45. The van der Waals surface area contributed by atoms with Gasteiger partial charge in [0.25, 0.3) is 0 Å². The molecule has 0 heterocycles. The van der Waals surface area contributed by atoms with E-state index in [-0.39, 0.29) is 5.75 Å². The van der Waals surface area contributed by atoms with Crippen molar-refractivity contribution in [2.75, 3.05) is 6.61 Å². The van der Waals surface area contributed by atoms with E-state index in [2.05, 4.69) is 0 Å². The Morgan fingerprint density at radius 2 is 1.75 bits per heavy atom. The monoisotopic (exact) mass is 214 g/mol. The lowest BCUT2D eigenvalue weighted by Crippen LogP contribution is -1.94. The van der Waals surface area contributed by atoms with Crippen LogP contribution in [-0.4, -0.2) is 11.7 Å². The molecule has 0 bridgehead atoms. The SMILES string of the molecule is CCOc1cccc(O)c1-c1ccccc1. The fourth-order valence-electron chi connectivity index (χ4n) is 1.69. The molecule has 2 aromatic rings. The minimum atomic E-state index is 0.247. The third-order valence-electron chi connectivity index (χ3n) is 2.37. The van der Waals surface area contributed by atoms with Crippen molar-refractivity contribution in [2.24, 2.45) is 0 Å². The molecule has 0 spiro atoms. The third kappa shape index (κ3) is 2.01. The molecule has 2 nitrogen and oxygen atoms in total. The third-order valence-corrected chi connectivity index (χ3v) is 2.37. The predicted molar refractivity (Wildman–Crippen MR) is 64.7 cm³/mol. The predicted octanol–water partition coefficient (Wildman–Crippen LogP) is 3.46. The van der Waals surface area contributed by atoms with Crippen LogP contribution >= 0.6 is 0 Å². The van der Waals surface area contributed by atoms with Crippen LogP contribution in [0.1, 0.15) is 6.92 Å². The van der Waals surface area contributed by atoms with Crippen molar-refractivity contribution in [3.63, 3.8) is 0 Å². The first-order valence-corrected chi connectivity index (χ1v) is 5.33. The smallest absolute Gasteiger partial charge is 0.130 e. The Morgan fingerprint density at radius 1 is 1.00 bits per heavy atom. The molecule has 2 heteroatoms. The van der Waals surface area contributed by atoms with Crippen LogP contribution < -0.4 is 4.74 Å². The van der Waals surface area contributed by atoms with Gasteiger partial charge in [0.2, 0.25) is 0 Å². The maximum absolute atomic E-state index is 9.89. The van der Waals surface area contributed by atoms with Gasteiger partial charge in [-0.1, -0.05) is 36.4 Å². The molecule has 0 radical (unpaired) electrons. The van der Waals surface area contributed by atoms with Crippen molar-refractivity contribution in [2.45, 2.75) is 6.92 Å². The molecular formula is C14H14O2. The van der Waals surface area contributed by atoms with E-state index in [0.29, 0.717) is 12.4 Å². The average molecular weight is 214 g/mol. The molecule has 0 aliphatic carbocycles. The fraction of sp³-hybridized carbons (Fsp3) is 0.143. The van der Waals surface area contributed by atoms with E-state index in [1.54, 1.807) is 12.1 Å². The number of ether oxygens (including phenoxy) is 1. The fourth-order valence-corrected chi connectivity index (χ4v) is 1.69. The molecule has 0 amide bonds. The van der Waals surface area contributed by atoms with Gasteiger partial charge in [-0.3, -0.25) is 0 Å². The largest absolute Gasteiger partial charge is 0.507 e. The highest BCUT2D eigenvalue weighted by atomic mass is 16.5. The standard InChI is InChI=1S/C14H14O2/c1-2-16-13-10-6-9-12(15)14(13)11-7-4-3-5-8-11/h3-10,15H,2H2,1H3. The van der Waals surface area contributed by atoms with Crippen LogP contribution in [0.2, 0.25) is 0 Å². The Hall–Kier alpha value is -1.96. The molecule has 0 saturated carbocycles. The highest BCUT2D eigenvalue weighted by Gasteiger charge is 2.10. The molecule has 16 heavy (non-hydrogen) atoms. The van der Waals surface area contributed by atoms with E-state index in [0.717, 1.165) is 11.1 Å². The maximum atomic E-state index is 9.89. The van der Waals surface area contributed by atoms with Crippen LogP contribution in [0.5, 0.6) is 11.5 Å². The van der Waals surface area contributed by atoms with E-state index in [1.165, 1.54) is 0 Å². The van der Waals surface area contributed by atoms with E-state index < -0.39 is 0 Å². The van der Waals surface area contributed by atoms with Crippen molar-refractivity contribution in [3.8, 4) is 22.6 Å². The molecule has 0 atom stereocenters. The summed E-state index contributed by atoms with van der Waals surface area (Å²) in [5, 5.41) is 9.89. The van der Waals surface area contributed by atoms with Crippen LogP contribution in [0.4, 0.5) is 0 Å². The molecule has 2 rings (SSSR count). The summed E-state index contributed by atoms with van der Waals surface area (Å²) >= 11 is 0. The van der Waals surface area contributed by atoms with Gasteiger partial charge >= 0.3 is 0 Å². The van der Waals surface area contributed by atoms with Crippen LogP contribution in [0.15, 0.2) is 48.5 Å². The van der Waals surface area contributed by atoms with Crippen molar-refractivity contribution in [1.29, 1.82) is 0 Å². The van der Waals surface area contributed by atoms with Gasteiger partial charge in [-0.15, -0.1) is 0 Å². The summed E-state index contributed by atoms with van der Waals surface area (Å²) in [7, 11) is 0. The lowest BCUT2D eigenvalue weighted by Gasteiger charge is -2.11. The molecular weight excluding hydrogens is 200 g/mol. The molecule has 82 valence electrons. The van der Waals surface area contributed by atoms with Gasteiger partial charge in [0.1, 0.15) is 11.5 Å². The van der Waals surface area contributed by atoms with Crippen molar-refractivity contribution in [1.82, 2.24) is 0 Å². The highest BCUT2D eigenvalue weighted by molar-refractivity contribution is 5.76. The Labute approximate surface area is 95.1 Å². The molecule has 0 aliphatic rings. The Balaban J connectivity index is 2.54. The maximum Gasteiger partial charge on any atom is 0.130 e. The van der Waals surface area contributed by atoms with Gasteiger partial charge in [0.15, 0.2) is 0 Å². The van der Waals surface area contributed by atoms with Gasteiger partial charge in [-0.25, -0.2) is 0 Å². The van der Waals surface area contributed by atoms with Crippen LogP contribution in [0.3, 0.4) is 0 Å². The molecule has 1 N–H and O–H groups in total. The van der Waals surface area contributed by atoms with E-state index in [9.17, 15) is 5.11 Å². The Morgan fingerprint density at radius 3 is 2.44 bits per heavy atom. The molecule has 0 aromatic heterocycles. The summed E-state index contributed by atoms with van der Waals surface area (Å²) in [6.07, 6.45) is 0. The summed E-state index contributed by atoms with van der Waals surface area (Å²) in [6.45, 7) is 2.52. The minimum Gasteiger partial charge on any atom is -0.507 e. The number of hydrogen-bond acceptors (Lipinski definition) is 2. The zero-order chi connectivity index (χ0) is 11.4. The first-order valence-electron chi connectivity index (χ1n) is 5.33. The van der Waals surface area contributed by atoms with Gasteiger partial charge in [0.05, 0.1) is 12.2 Å². The lowest BCUT2D eigenvalue weighted by molar-refractivity contribution is 0.339. The van der Waals surface area contributed by atoms with Gasteiger partial charge in [0, 0.05) is 0 Å². The Bertz CT molecular complexity index is 463. The normalized spacial score (nSPS) is 10.1. The topological polar surface area (TPSA) is 29.5 Å². The summed E-state index contributed by atoms with van der Waals surface area (Å²) < 4.78 is 5.51. The summed E-state index contributed by atoms with van der Waals surface area (Å²) in [5.41, 5.74) is 1.72. The van der Waals surface area contributed by atoms with Gasteiger partial charge in [-0.2, -0.15) is 0 Å². The summed E-state index contributed by atoms with van der Waals surface area (Å²) in [5.74, 6) is 0.964. The highest BCUT2D eigenvalue weighted by Crippen LogP contribution is 2.37. The van der Waals surface area contributed by atoms with Crippen LogP contribution in [-0.2, 0) is 0 Å². The van der Waals surface area contributed by atoms with E-state index in [4.69, 9.17) is 4.74 Å². The lowest BCUT2D eigenvalue weighted by atomic mass is 10.0. The van der Waals surface area contributed by atoms with Crippen molar-refractivity contribution < 1.29 is 9.84 Å². The zero-order valence-corrected chi connectivity index (χ0v) is 9.18. The summed E-state index contributed by atoms with van der Waals surface area (Å²) in [6, 6.07) is 15.1. The van der Waals surface area contributed by atoms with Crippen LogP contribution in [0, 0.1) is 0 Å². The quantitative estimate of drug-likeness (QED) is 0.847. The van der Waals surface area contributed by atoms with E-state index in [1.807, 2.05) is 43.3 Å².